The van der Waals surface area contributed by atoms with Gasteiger partial charge < -0.3 is 14.8 Å². The molecule has 0 aliphatic carbocycles. The maximum Gasteiger partial charge on any atom is 0.270 e. The minimum atomic E-state index is -0.115. The Labute approximate surface area is 235 Å². The molecule has 1 amide bonds. The maximum atomic E-state index is 12.5. The van der Waals surface area contributed by atoms with E-state index in [4.69, 9.17) is 9.47 Å². The van der Waals surface area contributed by atoms with Crippen molar-refractivity contribution < 1.29 is 14.3 Å². The zero-order valence-electron chi connectivity index (χ0n) is 22.9. The summed E-state index contributed by atoms with van der Waals surface area (Å²) in [5, 5.41) is 5.69. The number of methoxy groups -OCH3 is 2. The van der Waals surface area contributed by atoms with Crippen molar-refractivity contribution in [1.82, 2.24) is 15.2 Å². The number of hydrogen-bond donors (Lipinski definition) is 1. The number of carbonyl (C=O) groups excluding carboxylic acids is 1. The first kappa shape index (κ1) is 28.3. The molecule has 0 atom stereocenters. The molecule has 3 aromatic carbocycles. The number of nitrogens with zero attached hydrogens (tertiary/aromatic N) is 2. The van der Waals surface area contributed by atoms with Crippen LogP contribution >= 0.6 is 11.3 Å². The van der Waals surface area contributed by atoms with Crippen LogP contribution in [0.15, 0.2) is 84.2 Å². The van der Waals surface area contributed by atoms with Crippen molar-refractivity contribution in [2.75, 3.05) is 27.3 Å². The fraction of sp³-hybridized carbons (Fsp3) is 0.312. The summed E-state index contributed by atoms with van der Waals surface area (Å²) < 4.78 is 11.1. The molecule has 6 nitrogen and oxygen atoms in total. The lowest BCUT2D eigenvalue weighted by molar-refractivity contribution is 0.0949. The standard InChI is InChI=1S/C32H37N3O3S/c1-4-18-33-32(36)29-23-39-31(34-29)22-35(21-26-15-16-27(37-2)20-30(26)38-3)19-17-28(24-11-7-5-8-12-24)25-13-9-6-10-14-25/h5-16,20,23,28H,4,17-19,21-22H2,1-3H3,(H,33,36). The van der Waals surface area contributed by atoms with Gasteiger partial charge in [0.1, 0.15) is 22.2 Å². The number of benzene rings is 3. The lowest BCUT2D eigenvalue weighted by Gasteiger charge is -2.26. The molecule has 4 rings (SSSR count). The molecule has 1 N–H and O–H groups in total. The Morgan fingerprint density at radius 3 is 2.26 bits per heavy atom. The number of nitrogens with one attached hydrogen (secondary N) is 1. The molecular formula is C32H37N3O3S. The number of ether oxygens (including phenoxy) is 2. The van der Waals surface area contributed by atoms with Gasteiger partial charge in [-0.05, 0) is 36.6 Å². The van der Waals surface area contributed by atoms with Gasteiger partial charge in [-0.2, -0.15) is 0 Å². The number of thiazole rings is 1. The van der Waals surface area contributed by atoms with Crippen LogP contribution in [0, 0.1) is 0 Å². The molecule has 0 fully saturated rings. The summed E-state index contributed by atoms with van der Waals surface area (Å²) in [4.78, 5) is 19.5. The number of hydrogen-bond acceptors (Lipinski definition) is 6. The van der Waals surface area contributed by atoms with Gasteiger partial charge >= 0.3 is 0 Å². The van der Waals surface area contributed by atoms with E-state index in [1.807, 2.05) is 24.4 Å². The van der Waals surface area contributed by atoms with Crippen LogP contribution in [0.5, 0.6) is 11.5 Å². The Bertz CT molecular complexity index is 1270. The minimum Gasteiger partial charge on any atom is -0.497 e. The molecule has 0 saturated carbocycles. The van der Waals surface area contributed by atoms with Gasteiger partial charge in [0.25, 0.3) is 5.91 Å². The molecule has 0 aliphatic rings. The van der Waals surface area contributed by atoms with Gasteiger partial charge in [0.15, 0.2) is 0 Å². The molecule has 1 heterocycles. The van der Waals surface area contributed by atoms with E-state index >= 15 is 0 Å². The third-order valence-corrected chi connectivity index (χ3v) is 7.54. The lowest BCUT2D eigenvalue weighted by atomic mass is 9.88. The van der Waals surface area contributed by atoms with Crippen LogP contribution in [0.2, 0.25) is 0 Å². The van der Waals surface area contributed by atoms with Crippen molar-refractivity contribution in [3.05, 3.63) is 112 Å². The van der Waals surface area contributed by atoms with Crippen LogP contribution in [-0.2, 0) is 13.1 Å². The molecule has 1 aromatic heterocycles. The Morgan fingerprint density at radius 2 is 1.64 bits per heavy atom. The van der Waals surface area contributed by atoms with Crippen LogP contribution < -0.4 is 14.8 Å². The van der Waals surface area contributed by atoms with Crippen molar-refractivity contribution in [3.8, 4) is 11.5 Å². The predicted octanol–water partition coefficient (Wildman–Crippen LogP) is 6.52. The summed E-state index contributed by atoms with van der Waals surface area (Å²) >= 11 is 1.53. The molecule has 0 unspecified atom stereocenters. The van der Waals surface area contributed by atoms with Gasteiger partial charge in [0.05, 0.1) is 20.8 Å². The van der Waals surface area contributed by atoms with Crippen molar-refractivity contribution in [2.45, 2.75) is 38.8 Å². The predicted molar refractivity (Wildman–Crippen MR) is 158 cm³/mol. The normalized spacial score (nSPS) is 11.1. The van der Waals surface area contributed by atoms with Crippen molar-refractivity contribution >= 4 is 17.2 Å². The van der Waals surface area contributed by atoms with Gasteiger partial charge in [-0.15, -0.1) is 11.3 Å². The van der Waals surface area contributed by atoms with E-state index in [2.05, 4.69) is 81.9 Å². The average molecular weight is 544 g/mol. The second kappa shape index (κ2) is 14.5. The second-order valence-electron chi connectivity index (χ2n) is 9.43. The third-order valence-electron chi connectivity index (χ3n) is 6.70. The Hall–Kier alpha value is -3.68. The summed E-state index contributed by atoms with van der Waals surface area (Å²) in [7, 11) is 3.34. The number of rotatable bonds is 14. The number of carbonyl (C=O) groups is 1. The molecule has 4 aromatic rings. The van der Waals surface area contributed by atoms with E-state index in [0.717, 1.165) is 41.5 Å². The molecule has 204 valence electrons. The molecule has 0 aliphatic heterocycles. The van der Waals surface area contributed by atoms with E-state index in [1.54, 1.807) is 14.2 Å². The smallest absolute Gasteiger partial charge is 0.270 e. The molecular weight excluding hydrogens is 506 g/mol. The first-order chi connectivity index (χ1) is 19.1. The highest BCUT2D eigenvalue weighted by Gasteiger charge is 2.19. The molecule has 0 spiro atoms. The Morgan fingerprint density at radius 1 is 0.949 bits per heavy atom. The van der Waals surface area contributed by atoms with E-state index in [9.17, 15) is 4.79 Å². The second-order valence-corrected chi connectivity index (χ2v) is 10.4. The summed E-state index contributed by atoms with van der Waals surface area (Å²) in [5.74, 6) is 1.70. The molecule has 39 heavy (non-hydrogen) atoms. The summed E-state index contributed by atoms with van der Waals surface area (Å²) in [6.45, 7) is 4.84. The van der Waals surface area contributed by atoms with Gasteiger partial charge in [-0.1, -0.05) is 73.7 Å². The monoisotopic (exact) mass is 543 g/mol. The highest BCUT2D eigenvalue weighted by Crippen LogP contribution is 2.30. The Balaban J connectivity index is 1.58. The third kappa shape index (κ3) is 7.91. The van der Waals surface area contributed by atoms with Crippen molar-refractivity contribution in [3.63, 3.8) is 0 Å². The fourth-order valence-corrected chi connectivity index (χ4v) is 5.47. The van der Waals surface area contributed by atoms with Gasteiger partial charge in [0.2, 0.25) is 0 Å². The highest BCUT2D eigenvalue weighted by atomic mass is 32.1. The van der Waals surface area contributed by atoms with Crippen molar-refractivity contribution in [1.29, 1.82) is 0 Å². The van der Waals surface area contributed by atoms with Crippen molar-refractivity contribution in [2.24, 2.45) is 0 Å². The zero-order valence-corrected chi connectivity index (χ0v) is 23.7. The number of aromatic nitrogens is 1. The number of amides is 1. The summed E-state index contributed by atoms with van der Waals surface area (Å²) in [6.07, 6.45) is 1.83. The zero-order chi connectivity index (χ0) is 27.5. The van der Waals surface area contributed by atoms with Crippen LogP contribution in [-0.4, -0.2) is 43.1 Å². The van der Waals surface area contributed by atoms with Gasteiger partial charge in [-0.25, -0.2) is 4.98 Å². The first-order valence-corrected chi connectivity index (χ1v) is 14.2. The Kier molecular flexibility index (Phi) is 10.5. The largest absolute Gasteiger partial charge is 0.497 e. The van der Waals surface area contributed by atoms with E-state index in [0.29, 0.717) is 25.3 Å². The van der Waals surface area contributed by atoms with Gasteiger partial charge in [-0.3, -0.25) is 9.69 Å². The summed E-state index contributed by atoms with van der Waals surface area (Å²) in [6, 6.07) is 27.3. The molecule has 0 radical (unpaired) electrons. The van der Waals surface area contributed by atoms with E-state index in [1.165, 1.54) is 22.5 Å². The first-order valence-electron chi connectivity index (χ1n) is 13.4. The molecule has 0 bridgehead atoms. The lowest BCUT2D eigenvalue weighted by Crippen LogP contribution is -2.26. The molecule has 7 heteroatoms. The fourth-order valence-electron chi connectivity index (χ4n) is 4.65. The SMILES string of the molecule is CCCNC(=O)c1csc(CN(CCC(c2ccccc2)c2ccccc2)Cc2ccc(OC)cc2OC)n1. The minimum absolute atomic E-state index is 0.115. The highest BCUT2D eigenvalue weighted by molar-refractivity contribution is 7.09. The van der Waals surface area contributed by atoms with Crippen LogP contribution in [0.4, 0.5) is 0 Å². The maximum absolute atomic E-state index is 12.5. The van der Waals surface area contributed by atoms with Crippen LogP contribution in [0.25, 0.3) is 0 Å². The molecule has 0 saturated heterocycles. The topological polar surface area (TPSA) is 63.7 Å². The van der Waals surface area contributed by atoms with E-state index in [-0.39, 0.29) is 11.8 Å². The quantitative estimate of drug-likeness (QED) is 0.196. The van der Waals surface area contributed by atoms with Gasteiger partial charge in [0, 0.05) is 36.0 Å². The van der Waals surface area contributed by atoms with Crippen LogP contribution in [0.3, 0.4) is 0 Å². The van der Waals surface area contributed by atoms with Crippen LogP contribution in [0.1, 0.15) is 57.9 Å². The van der Waals surface area contributed by atoms with E-state index < -0.39 is 0 Å². The average Bonchev–Trinajstić information content (AvgIpc) is 3.46. The summed E-state index contributed by atoms with van der Waals surface area (Å²) in [5.41, 5.74) is 4.16.